The highest BCUT2D eigenvalue weighted by Gasteiger charge is 2.16. The lowest BCUT2D eigenvalue weighted by molar-refractivity contribution is -0.137. The van der Waals surface area contributed by atoms with Crippen molar-refractivity contribution in [1.82, 2.24) is 9.78 Å². The van der Waals surface area contributed by atoms with Gasteiger partial charge in [0.2, 0.25) is 0 Å². The average molecular weight is 468 g/mol. The monoisotopic (exact) mass is 467 g/mol. The second-order valence-electron chi connectivity index (χ2n) is 7.51. The summed E-state index contributed by atoms with van der Waals surface area (Å²) in [5, 5.41) is 14.2. The van der Waals surface area contributed by atoms with Crippen LogP contribution in [0.25, 0.3) is 23.0 Å². The Hall–Kier alpha value is -4.70. The molecule has 0 bridgehead atoms. The van der Waals surface area contributed by atoms with E-state index in [0.29, 0.717) is 28.1 Å². The van der Waals surface area contributed by atoms with Gasteiger partial charge in [0, 0.05) is 22.9 Å². The quantitative estimate of drug-likeness (QED) is 0.188. The summed E-state index contributed by atoms with van der Waals surface area (Å²) in [6, 6.07) is 25.0. The molecule has 7 heteroatoms. The number of nitrogens with zero attached hydrogens (tertiary/aromatic N) is 3. The number of para-hydroxylation sites is 1. The van der Waals surface area contributed by atoms with Crippen molar-refractivity contribution >= 4 is 12.0 Å². The molecule has 0 aliphatic heterocycles. The van der Waals surface area contributed by atoms with Gasteiger partial charge in [-0.3, -0.25) is 0 Å². The van der Waals surface area contributed by atoms with E-state index in [4.69, 9.17) is 14.6 Å². The lowest BCUT2D eigenvalue weighted by atomic mass is 10.1. The number of halogens is 1. The maximum atomic E-state index is 14.0. The van der Waals surface area contributed by atoms with Crippen LogP contribution in [-0.2, 0) is 16.1 Å². The van der Waals surface area contributed by atoms with E-state index < -0.39 is 5.97 Å². The van der Waals surface area contributed by atoms with Gasteiger partial charge in [-0.05, 0) is 43.3 Å². The SMILES string of the molecule is CCOC(=O)C(C#N)=Cc1cn(-c2ccccc2)nc1-c1cccc(OCc2ccccc2F)c1. The lowest BCUT2D eigenvalue weighted by Gasteiger charge is -2.09. The third-order valence-corrected chi connectivity index (χ3v) is 5.14. The fourth-order valence-electron chi connectivity index (χ4n) is 3.44. The Morgan fingerprint density at radius 2 is 1.86 bits per heavy atom. The molecular weight excluding hydrogens is 445 g/mol. The highest BCUT2D eigenvalue weighted by atomic mass is 19.1. The van der Waals surface area contributed by atoms with Gasteiger partial charge in [-0.2, -0.15) is 10.4 Å². The first kappa shape index (κ1) is 23.5. The number of hydrogen-bond acceptors (Lipinski definition) is 5. The fraction of sp³-hybridized carbons (Fsp3) is 0.107. The summed E-state index contributed by atoms with van der Waals surface area (Å²) in [5.41, 5.74) is 2.94. The number of rotatable bonds is 8. The van der Waals surface area contributed by atoms with E-state index >= 15 is 0 Å². The first-order chi connectivity index (χ1) is 17.1. The van der Waals surface area contributed by atoms with Crippen LogP contribution in [0.2, 0.25) is 0 Å². The summed E-state index contributed by atoms with van der Waals surface area (Å²) in [6.45, 7) is 1.91. The normalized spacial score (nSPS) is 11.1. The Labute approximate surface area is 202 Å². The summed E-state index contributed by atoms with van der Waals surface area (Å²) in [4.78, 5) is 12.2. The molecule has 1 heterocycles. The third kappa shape index (κ3) is 5.63. The highest BCUT2D eigenvalue weighted by Crippen LogP contribution is 2.29. The van der Waals surface area contributed by atoms with E-state index in [9.17, 15) is 14.4 Å². The van der Waals surface area contributed by atoms with Crippen molar-refractivity contribution in [3.8, 4) is 28.8 Å². The van der Waals surface area contributed by atoms with Gasteiger partial charge in [-0.15, -0.1) is 0 Å². The summed E-state index contributed by atoms with van der Waals surface area (Å²) in [5.74, 6) is -0.503. The predicted octanol–water partition coefficient (Wildman–Crippen LogP) is 5.73. The van der Waals surface area contributed by atoms with Crippen LogP contribution in [0.15, 0.2) is 90.6 Å². The van der Waals surface area contributed by atoms with Crippen molar-refractivity contribution < 1.29 is 18.7 Å². The van der Waals surface area contributed by atoms with Crippen molar-refractivity contribution in [2.75, 3.05) is 6.61 Å². The maximum absolute atomic E-state index is 14.0. The van der Waals surface area contributed by atoms with Crippen LogP contribution in [0.4, 0.5) is 4.39 Å². The maximum Gasteiger partial charge on any atom is 0.348 e. The summed E-state index contributed by atoms with van der Waals surface area (Å²) in [6.07, 6.45) is 3.21. The molecule has 0 N–H and O–H groups in total. The molecule has 0 amide bonds. The van der Waals surface area contributed by atoms with Crippen molar-refractivity contribution in [2.45, 2.75) is 13.5 Å². The van der Waals surface area contributed by atoms with E-state index in [-0.39, 0.29) is 24.6 Å². The number of nitriles is 1. The van der Waals surface area contributed by atoms with Crippen LogP contribution in [0.3, 0.4) is 0 Å². The Bertz CT molecular complexity index is 1400. The molecule has 174 valence electrons. The zero-order valence-corrected chi connectivity index (χ0v) is 19.0. The van der Waals surface area contributed by atoms with Crippen molar-refractivity contribution in [2.24, 2.45) is 0 Å². The Balaban J connectivity index is 1.72. The fourth-order valence-corrected chi connectivity index (χ4v) is 3.44. The smallest absolute Gasteiger partial charge is 0.348 e. The van der Waals surface area contributed by atoms with E-state index in [1.165, 1.54) is 12.1 Å². The Morgan fingerprint density at radius 1 is 1.09 bits per heavy atom. The average Bonchev–Trinajstić information content (AvgIpc) is 3.31. The first-order valence-corrected chi connectivity index (χ1v) is 11.0. The van der Waals surface area contributed by atoms with Crippen molar-refractivity contribution in [1.29, 1.82) is 5.26 Å². The van der Waals surface area contributed by atoms with Crippen molar-refractivity contribution in [3.63, 3.8) is 0 Å². The topological polar surface area (TPSA) is 77.1 Å². The number of ether oxygens (including phenoxy) is 2. The molecule has 0 aliphatic rings. The number of esters is 1. The number of aromatic nitrogens is 2. The van der Waals surface area contributed by atoms with Gasteiger partial charge in [-0.1, -0.05) is 48.5 Å². The molecular formula is C28H22FN3O3. The van der Waals surface area contributed by atoms with Gasteiger partial charge in [0.15, 0.2) is 0 Å². The molecule has 6 nitrogen and oxygen atoms in total. The second-order valence-corrected chi connectivity index (χ2v) is 7.51. The van der Waals surface area contributed by atoms with Gasteiger partial charge < -0.3 is 9.47 Å². The summed E-state index contributed by atoms with van der Waals surface area (Å²) >= 11 is 0. The van der Waals surface area contributed by atoms with E-state index in [1.54, 1.807) is 54.2 Å². The van der Waals surface area contributed by atoms with Crippen molar-refractivity contribution in [3.05, 3.63) is 108 Å². The van der Waals surface area contributed by atoms with Crippen LogP contribution in [0, 0.1) is 17.1 Å². The molecule has 4 aromatic rings. The van der Waals surface area contributed by atoms with Crippen LogP contribution in [0.1, 0.15) is 18.1 Å². The molecule has 0 radical (unpaired) electrons. The zero-order chi connectivity index (χ0) is 24.6. The first-order valence-electron chi connectivity index (χ1n) is 11.0. The minimum absolute atomic E-state index is 0.0722. The minimum atomic E-state index is -0.699. The minimum Gasteiger partial charge on any atom is -0.489 e. The Morgan fingerprint density at radius 3 is 2.60 bits per heavy atom. The molecule has 0 saturated carbocycles. The number of benzene rings is 3. The van der Waals surface area contributed by atoms with Gasteiger partial charge in [0.05, 0.1) is 12.3 Å². The van der Waals surface area contributed by atoms with E-state index in [2.05, 4.69) is 0 Å². The molecule has 0 saturated heterocycles. The van der Waals surface area contributed by atoms with Crippen LogP contribution >= 0.6 is 0 Å². The lowest BCUT2D eigenvalue weighted by Crippen LogP contribution is -2.06. The molecule has 0 fully saturated rings. The van der Waals surface area contributed by atoms with Gasteiger partial charge >= 0.3 is 5.97 Å². The van der Waals surface area contributed by atoms with E-state index in [0.717, 1.165) is 5.69 Å². The molecule has 0 spiro atoms. The molecule has 35 heavy (non-hydrogen) atoms. The molecule has 4 rings (SSSR count). The van der Waals surface area contributed by atoms with Gasteiger partial charge in [-0.25, -0.2) is 13.9 Å². The number of carbonyl (C=O) groups is 1. The van der Waals surface area contributed by atoms with E-state index in [1.807, 2.05) is 42.5 Å². The largest absolute Gasteiger partial charge is 0.489 e. The summed E-state index contributed by atoms with van der Waals surface area (Å²) < 4.78 is 26.5. The summed E-state index contributed by atoms with van der Waals surface area (Å²) in [7, 11) is 0. The molecule has 1 aromatic heterocycles. The molecule has 0 aliphatic carbocycles. The van der Waals surface area contributed by atoms with Gasteiger partial charge in [0.25, 0.3) is 0 Å². The Kier molecular flexibility index (Phi) is 7.34. The molecule has 0 unspecified atom stereocenters. The third-order valence-electron chi connectivity index (χ3n) is 5.14. The van der Waals surface area contributed by atoms with Gasteiger partial charge in [0.1, 0.15) is 35.5 Å². The van der Waals surface area contributed by atoms with Crippen LogP contribution < -0.4 is 4.74 Å². The van der Waals surface area contributed by atoms with Crippen LogP contribution in [-0.4, -0.2) is 22.4 Å². The highest BCUT2D eigenvalue weighted by molar-refractivity contribution is 5.98. The predicted molar refractivity (Wildman–Crippen MR) is 130 cm³/mol. The number of hydrogen-bond donors (Lipinski definition) is 0. The standard InChI is InChI=1S/C28H22FN3O3/c1-2-34-28(33)22(17-30)15-23-18-32(24-11-4-3-5-12-24)31-27(23)20-10-8-13-25(16-20)35-19-21-9-6-7-14-26(21)29/h3-16,18H,2,19H2,1H3. The zero-order valence-electron chi connectivity index (χ0n) is 19.0. The molecule has 3 aromatic carbocycles. The van der Waals surface area contributed by atoms with Crippen LogP contribution in [0.5, 0.6) is 5.75 Å². The molecule has 0 atom stereocenters. The number of carbonyl (C=O) groups excluding carboxylic acids is 1. The second kappa shape index (κ2) is 10.9.